The molecule has 1 fully saturated rings. The maximum Gasteiger partial charge on any atom is 0.308 e. The normalized spacial score (nSPS) is 18.5. The van der Waals surface area contributed by atoms with Crippen molar-refractivity contribution in [1.29, 1.82) is 0 Å². The van der Waals surface area contributed by atoms with E-state index in [0.29, 0.717) is 5.69 Å². The molecule has 1 amide bonds. The van der Waals surface area contributed by atoms with Crippen LogP contribution in [0.4, 0.5) is 5.69 Å². The maximum atomic E-state index is 11.9. The van der Waals surface area contributed by atoms with E-state index in [-0.39, 0.29) is 18.9 Å². The molecule has 0 bridgehead atoms. The fourth-order valence-electron chi connectivity index (χ4n) is 2.38. The summed E-state index contributed by atoms with van der Waals surface area (Å²) in [4.78, 5) is 24.4. The summed E-state index contributed by atoms with van der Waals surface area (Å²) < 4.78 is 0. The summed E-state index contributed by atoms with van der Waals surface area (Å²) in [5, 5.41) is 15.8. The van der Waals surface area contributed by atoms with Gasteiger partial charge in [-0.1, -0.05) is 12.1 Å². The molecule has 2 N–H and O–H groups in total. The average molecular weight is 271 g/mol. The van der Waals surface area contributed by atoms with E-state index < -0.39 is 11.9 Å². The van der Waals surface area contributed by atoms with Crippen LogP contribution in [0.25, 0.3) is 11.3 Å². The summed E-state index contributed by atoms with van der Waals surface area (Å²) in [6.07, 6.45) is 1.72. The summed E-state index contributed by atoms with van der Waals surface area (Å²) in [5.41, 5.74) is 2.48. The van der Waals surface area contributed by atoms with Crippen molar-refractivity contribution in [2.75, 3.05) is 11.4 Å². The van der Waals surface area contributed by atoms with Gasteiger partial charge in [0.05, 0.1) is 11.6 Å². The van der Waals surface area contributed by atoms with Crippen LogP contribution in [-0.4, -0.2) is 33.7 Å². The molecule has 6 nitrogen and oxygen atoms in total. The van der Waals surface area contributed by atoms with Crippen LogP contribution in [0.2, 0.25) is 0 Å². The van der Waals surface area contributed by atoms with Gasteiger partial charge in [0, 0.05) is 30.4 Å². The number of aromatic nitrogens is 2. The highest BCUT2D eigenvalue weighted by molar-refractivity contribution is 5.99. The molecule has 0 saturated carbocycles. The molecule has 1 aliphatic rings. The number of nitrogens with zero attached hydrogens (tertiary/aromatic N) is 2. The first-order valence-electron chi connectivity index (χ1n) is 6.28. The highest BCUT2D eigenvalue weighted by Gasteiger charge is 2.35. The SMILES string of the molecule is O=C(O)C1CC(=O)N(c2cccc(-c3ccn[nH]3)c2)C1. The third-order valence-corrected chi connectivity index (χ3v) is 3.44. The van der Waals surface area contributed by atoms with Crippen molar-refractivity contribution in [3.63, 3.8) is 0 Å². The number of carbonyl (C=O) groups excluding carboxylic acids is 1. The third-order valence-electron chi connectivity index (χ3n) is 3.44. The van der Waals surface area contributed by atoms with E-state index in [9.17, 15) is 9.59 Å². The number of carboxylic acids is 1. The van der Waals surface area contributed by atoms with Gasteiger partial charge >= 0.3 is 5.97 Å². The maximum absolute atomic E-state index is 11.9. The minimum atomic E-state index is -0.925. The van der Waals surface area contributed by atoms with Crippen molar-refractivity contribution in [1.82, 2.24) is 10.2 Å². The number of rotatable bonds is 3. The Hall–Kier alpha value is -2.63. The van der Waals surface area contributed by atoms with Crippen LogP contribution in [0.1, 0.15) is 6.42 Å². The highest BCUT2D eigenvalue weighted by Crippen LogP contribution is 2.28. The van der Waals surface area contributed by atoms with E-state index in [4.69, 9.17) is 5.11 Å². The summed E-state index contributed by atoms with van der Waals surface area (Å²) in [5.74, 6) is -1.71. The molecule has 3 rings (SSSR count). The standard InChI is InChI=1S/C14H13N3O3/c18-13-7-10(14(19)20)8-17(13)11-3-1-2-9(6-11)12-4-5-15-16-12/h1-6,10H,7-8H2,(H,15,16)(H,19,20). The Balaban J connectivity index is 1.90. The molecule has 0 aliphatic carbocycles. The van der Waals surface area contributed by atoms with Crippen molar-refractivity contribution in [2.45, 2.75) is 6.42 Å². The highest BCUT2D eigenvalue weighted by atomic mass is 16.4. The number of H-pyrrole nitrogens is 1. The minimum Gasteiger partial charge on any atom is -0.481 e. The van der Waals surface area contributed by atoms with Gasteiger partial charge in [-0.3, -0.25) is 14.7 Å². The lowest BCUT2D eigenvalue weighted by Gasteiger charge is -2.16. The minimum absolute atomic E-state index is 0.0591. The van der Waals surface area contributed by atoms with E-state index in [1.54, 1.807) is 6.20 Å². The van der Waals surface area contributed by atoms with E-state index in [1.807, 2.05) is 30.3 Å². The van der Waals surface area contributed by atoms with Crippen molar-refractivity contribution in [3.8, 4) is 11.3 Å². The molecule has 1 aromatic carbocycles. The van der Waals surface area contributed by atoms with Crippen LogP contribution in [0.15, 0.2) is 36.5 Å². The van der Waals surface area contributed by atoms with Crippen molar-refractivity contribution >= 4 is 17.6 Å². The Labute approximate surface area is 115 Å². The predicted octanol–water partition coefficient (Wildman–Crippen LogP) is 1.51. The molecule has 6 heteroatoms. The van der Waals surface area contributed by atoms with E-state index >= 15 is 0 Å². The van der Waals surface area contributed by atoms with Crippen LogP contribution >= 0.6 is 0 Å². The number of aliphatic carboxylic acids is 1. The molecule has 20 heavy (non-hydrogen) atoms. The molecule has 0 spiro atoms. The molecule has 102 valence electrons. The number of benzene rings is 1. The molecule has 1 unspecified atom stereocenters. The summed E-state index contributed by atoms with van der Waals surface area (Å²) in [6.45, 7) is 0.223. The smallest absolute Gasteiger partial charge is 0.308 e. The first-order valence-corrected chi connectivity index (χ1v) is 6.28. The molecule has 2 heterocycles. The molecular formula is C14H13N3O3. The van der Waals surface area contributed by atoms with Crippen molar-refractivity contribution in [3.05, 3.63) is 36.5 Å². The summed E-state index contributed by atoms with van der Waals surface area (Å²) in [6, 6.07) is 9.25. The Morgan fingerprint density at radius 3 is 2.90 bits per heavy atom. The first-order chi connectivity index (χ1) is 9.65. The van der Waals surface area contributed by atoms with Crippen LogP contribution in [0.5, 0.6) is 0 Å². The Bertz CT molecular complexity index is 651. The average Bonchev–Trinajstić information content (AvgIpc) is 3.08. The van der Waals surface area contributed by atoms with E-state index in [0.717, 1.165) is 11.3 Å². The lowest BCUT2D eigenvalue weighted by molar-refractivity contribution is -0.141. The molecule has 1 aromatic heterocycles. The van der Waals surface area contributed by atoms with Gasteiger partial charge in [-0.25, -0.2) is 0 Å². The number of carbonyl (C=O) groups is 2. The van der Waals surface area contributed by atoms with E-state index in [2.05, 4.69) is 10.2 Å². The predicted molar refractivity (Wildman–Crippen MR) is 72.1 cm³/mol. The lowest BCUT2D eigenvalue weighted by atomic mass is 10.1. The van der Waals surface area contributed by atoms with Gasteiger partial charge in [-0.15, -0.1) is 0 Å². The van der Waals surface area contributed by atoms with Crippen LogP contribution < -0.4 is 4.90 Å². The van der Waals surface area contributed by atoms with Crippen LogP contribution in [0, 0.1) is 5.92 Å². The number of anilines is 1. The number of hydrogen-bond donors (Lipinski definition) is 2. The summed E-state index contributed by atoms with van der Waals surface area (Å²) in [7, 11) is 0. The van der Waals surface area contributed by atoms with Crippen molar-refractivity contribution < 1.29 is 14.7 Å². The zero-order valence-electron chi connectivity index (χ0n) is 10.6. The molecule has 1 aliphatic heterocycles. The first kappa shape index (κ1) is 12.4. The monoisotopic (exact) mass is 271 g/mol. The summed E-state index contributed by atoms with van der Waals surface area (Å²) >= 11 is 0. The topological polar surface area (TPSA) is 86.3 Å². The fourth-order valence-corrected chi connectivity index (χ4v) is 2.38. The zero-order valence-corrected chi connectivity index (χ0v) is 10.6. The van der Waals surface area contributed by atoms with E-state index in [1.165, 1.54) is 4.90 Å². The number of nitrogens with one attached hydrogen (secondary N) is 1. The molecule has 0 radical (unpaired) electrons. The number of amides is 1. The van der Waals surface area contributed by atoms with Gasteiger partial charge in [0.1, 0.15) is 0 Å². The van der Waals surface area contributed by atoms with Gasteiger partial charge in [0.2, 0.25) is 5.91 Å². The van der Waals surface area contributed by atoms with Crippen LogP contribution in [-0.2, 0) is 9.59 Å². The van der Waals surface area contributed by atoms with Crippen molar-refractivity contribution in [2.24, 2.45) is 5.92 Å². The molecular weight excluding hydrogens is 258 g/mol. The van der Waals surface area contributed by atoms with Gasteiger partial charge in [0.25, 0.3) is 0 Å². The third kappa shape index (κ3) is 2.16. The second-order valence-corrected chi connectivity index (χ2v) is 4.76. The number of aromatic amines is 1. The quantitative estimate of drug-likeness (QED) is 0.886. The fraction of sp³-hybridized carbons (Fsp3) is 0.214. The van der Waals surface area contributed by atoms with Crippen LogP contribution in [0.3, 0.4) is 0 Å². The molecule has 1 saturated heterocycles. The van der Waals surface area contributed by atoms with Gasteiger partial charge in [0.15, 0.2) is 0 Å². The zero-order chi connectivity index (χ0) is 14.1. The number of hydrogen-bond acceptors (Lipinski definition) is 3. The second kappa shape index (κ2) is 4.80. The van der Waals surface area contributed by atoms with Gasteiger partial charge < -0.3 is 10.0 Å². The second-order valence-electron chi connectivity index (χ2n) is 4.76. The largest absolute Gasteiger partial charge is 0.481 e. The molecule has 2 aromatic rings. The lowest BCUT2D eigenvalue weighted by Crippen LogP contribution is -2.25. The molecule has 1 atom stereocenters. The number of carboxylic acid groups (broad SMARTS) is 1. The Morgan fingerprint density at radius 2 is 2.25 bits per heavy atom. The van der Waals surface area contributed by atoms with Gasteiger partial charge in [-0.05, 0) is 18.2 Å². The Morgan fingerprint density at radius 1 is 1.40 bits per heavy atom. The van der Waals surface area contributed by atoms with Gasteiger partial charge in [-0.2, -0.15) is 5.10 Å². The Kier molecular flexibility index (Phi) is 2.98.